The molecule has 0 radical (unpaired) electrons. The molecule has 0 aliphatic heterocycles. The maximum atomic E-state index is 12.5. The molecular weight excluding hydrogens is 404 g/mol. The first-order valence-electron chi connectivity index (χ1n) is 9.60. The molecule has 0 heterocycles. The zero-order valence-electron chi connectivity index (χ0n) is 17.4. The van der Waals surface area contributed by atoms with E-state index in [2.05, 4.69) is 0 Å². The average Bonchev–Trinajstić information content (AvgIpc) is 2.74. The number of carbonyl (C=O) groups is 4. The van der Waals surface area contributed by atoms with Crippen LogP contribution in [0.25, 0.3) is 0 Å². The lowest BCUT2D eigenvalue weighted by Gasteiger charge is -2.17. The van der Waals surface area contributed by atoms with Crippen molar-refractivity contribution in [3.63, 3.8) is 0 Å². The molecule has 0 fully saturated rings. The van der Waals surface area contributed by atoms with E-state index < -0.39 is 30.0 Å². The highest BCUT2D eigenvalue weighted by Crippen LogP contribution is 2.13. The summed E-state index contributed by atoms with van der Waals surface area (Å²) < 4.78 is 20.3. The van der Waals surface area contributed by atoms with Crippen LogP contribution in [0.3, 0.4) is 0 Å². The van der Waals surface area contributed by atoms with Gasteiger partial charge in [0, 0.05) is 13.8 Å². The van der Waals surface area contributed by atoms with E-state index in [9.17, 15) is 19.2 Å². The standard InChI is InChI=1S/C23H24O8/c1-16(24)28-14-20(31-17(2)25)15-29-22(26)12-19-10-6-7-11-21(19)23(27)30-13-18-8-4-3-5-9-18/h3-11,20H,12-15H2,1-2H3. The lowest BCUT2D eigenvalue weighted by atomic mass is 10.0. The third kappa shape index (κ3) is 8.69. The quantitative estimate of drug-likeness (QED) is 0.420. The van der Waals surface area contributed by atoms with Crippen LogP contribution in [0.1, 0.15) is 35.3 Å². The van der Waals surface area contributed by atoms with E-state index in [1.165, 1.54) is 13.8 Å². The molecule has 2 aromatic rings. The summed E-state index contributed by atoms with van der Waals surface area (Å²) in [5.74, 6) is -2.34. The summed E-state index contributed by atoms with van der Waals surface area (Å²) in [5.41, 5.74) is 1.54. The number of benzene rings is 2. The van der Waals surface area contributed by atoms with Gasteiger partial charge < -0.3 is 18.9 Å². The lowest BCUT2D eigenvalue weighted by Crippen LogP contribution is -2.30. The van der Waals surface area contributed by atoms with E-state index in [-0.39, 0.29) is 31.8 Å². The Bertz CT molecular complexity index is 907. The van der Waals surface area contributed by atoms with Gasteiger partial charge in [-0.15, -0.1) is 0 Å². The second-order valence-corrected chi connectivity index (χ2v) is 6.61. The summed E-state index contributed by atoms with van der Waals surface area (Å²) in [5, 5.41) is 0. The second-order valence-electron chi connectivity index (χ2n) is 6.61. The molecule has 1 unspecified atom stereocenters. The van der Waals surface area contributed by atoms with E-state index in [1.54, 1.807) is 24.3 Å². The Labute approximate surface area is 180 Å². The third-order valence-corrected chi connectivity index (χ3v) is 4.02. The Morgan fingerprint density at radius 3 is 2.10 bits per heavy atom. The number of hydrogen-bond donors (Lipinski definition) is 0. The van der Waals surface area contributed by atoms with Crippen molar-refractivity contribution in [3.8, 4) is 0 Å². The second kappa shape index (κ2) is 12.1. The van der Waals surface area contributed by atoms with Crippen LogP contribution in [0.5, 0.6) is 0 Å². The molecule has 0 aromatic heterocycles. The van der Waals surface area contributed by atoms with Crippen LogP contribution in [0, 0.1) is 0 Å². The van der Waals surface area contributed by atoms with Crippen LogP contribution in [0.15, 0.2) is 54.6 Å². The first-order valence-corrected chi connectivity index (χ1v) is 9.60. The molecule has 0 aliphatic carbocycles. The fourth-order valence-electron chi connectivity index (χ4n) is 2.63. The van der Waals surface area contributed by atoms with E-state index in [1.807, 2.05) is 30.3 Å². The summed E-state index contributed by atoms with van der Waals surface area (Å²) >= 11 is 0. The van der Waals surface area contributed by atoms with Crippen molar-refractivity contribution >= 4 is 23.9 Å². The Kier molecular flexibility index (Phi) is 9.22. The largest absolute Gasteiger partial charge is 0.462 e. The zero-order chi connectivity index (χ0) is 22.6. The fourth-order valence-corrected chi connectivity index (χ4v) is 2.63. The number of ether oxygens (including phenoxy) is 4. The molecule has 8 nitrogen and oxygen atoms in total. The zero-order valence-corrected chi connectivity index (χ0v) is 17.4. The van der Waals surface area contributed by atoms with Gasteiger partial charge in [0.1, 0.15) is 19.8 Å². The third-order valence-electron chi connectivity index (χ3n) is 4.02. The van der Waals surface area contributed by atoms with Crippen molar-refractivity contribution in [3.05, 3.63) is 71.3 Å². The molecule has 0 N–H and O–H groups in total. The number of rotatable bonds is 10. The summed E-state index contributed by atoms with van der Waals surface area (Å²) in [6.45, 7) is 2.00. The average molecular weight is 428 g/mol. The summed E-state index contributed by atoms with van der Waals surface area (Å²) in [6, 6.07) is 15.8. The van der Waals surface area contributed by atoms with Crippen LogP contribution >= 0.6 is 0 Å². The van der Waals surface area contributed by atoms with E-state index >= 15 is 0 Å². The normalized spacial score (nSPS) is 11.2. The van der Waals surface area contributed by atoms with Crippen LogP contribution in [-0.4, -0.2) is 43.2 Å². The van der Waals surface area contributed by atoms with E-state index in [0.29, 0.717) is 5.56 Å². The molecule has 0 spiro atoms. The smallest absolute Gasteiger partial charge is 0.338 e. The van der Waals surface area contributed by atoms with Gasteiger partial charge in [-0.2, -0.15) is 0 Å². The molecule has 0 aliphatic rings. The van der Waals surface area contributed by atoms with Gasteiger partial charge in [0.2, 0.25) is 0 Å². The molecule has 1 atom stereocenters. The summed E-state index contributed by atoms with van der Waals surface area (Å²) in [7, 11) is 0. The van der Waals surface area contributed by atoms with Crippen molar-refractivity contribution in [1.29, 1.82) is 0 Å². The van der Waals surface area contributed by atoms with Gasteiger partial charge in [0.15, 0.2) is 6.10 Å². The molecule has 0 saturated carbocycles. The minimum atomic E-state index is -0.920. The molecule has 2 aromatic carbocycles. The predicted molar refractivity (Wildman–Crippen MR) is 109 cm³/mol. The first kappa shape index (κ1) is 23.6. The first-order chi connectivity index (χ1) is 14.8. The fraction of sp³-hybridized carbons (Fsp3) is 0.304. The molecule has 0 amide bonds. The van der Waals surface area contributed by atoms with Gasteiger partial charge in [-0.1, -0.05) is 48.5 Å². The highest BCUT2D eigenvalue weighted by Gasteiger charge is 2.19. The van der Waals surface area contributed by atoms with E-state index in [0.717, 1.165) is 5.56 Å². The van der Waals surface area contributed by atoms with Gasteiger partial charge in [-0.25, -0.2) is 4.79 Å². The molecule has 31 heavy (non-hydrogen) atoms. The molecule has 0 saturated heterocycles. The molecular formula is C23H24O8. The predicted octanol–water partition coefficient (Wildman–Crippen LogP) is 2.62. The van der Waals surface area contributed by atoms with Crippen molar-refractivity contribution in [2.75, 3.05) is 13.2 Å². The topological polar surface area (TPSA) is 105 Å². The Balaban J connectivity index is 1.94. The number of esters is 4. The lowest BCUT2D eigenvalue weighted by molar-refractivity contribution is -0.164. The Morgan fingerprint density at radius 2 is 1.42 bits per heavy atom. The van der Waals surface area contributed by atoms with Crippen LogP contribution in [0.2, 0.25) is 0 Å². The van der Waals surface area contributed by atoms with Gasteiger partial charge in [-0.05, 0) is 17.2 Å². The van der Waals surface area contributed by atoms with Gasteiger partial charge in [0.05, 0.1) is 12.0 Å². The highest BCUT2D eigenvalue weighted by molar-refractivity contribution is 5.92. The molecule has 8 heteroatoms. The highest BCUT2D eigenvalue weighted by atomic mass is 16.6. The van der Waals surface area contributed by atoms with E-state index in [4.69, 9.17) is 18.9 Å². The Hall–Kier alpha value is -3.68. The van der Waals surface area contributed by atoms with Crippen LogP contribution in [-0.2, 0) is 46.4 Å². The van der Waals surface area contributed by atoms with Crippen molar-refractivity contribution in [1.82, 2.24) is 0 Å². The summed E-state index contributed by atoms with van der Waals surface area (Å²) in [4.78, 5) is 46.9. The maximum Gasteiger partial charge on any atom is 0.338 e. The van der Waals surface area contributed by atoms with Gasteiger partial charge in [0.25, 0.3) is 0 Å². The summed E-state index contributed by atoms with van der Waals surface area (Å²) in [6.07, 6.45) is -1.10. The van der Waals surface area contributed by atoms with Crippen molar-refractivity contribution < 1.29 is 38.1 Å². The van der Waals surface area contributed by atoms with Crippen molar-refractivity contribution in [2.24, 2.45) is 0 Å². The minimum Gasteiger partial charge on any atom is -0.462 e. The molecule has 0 bridgehead atoms. The Morgan fingerprint density at radius 1 is 0.774 bits per heavy atom. The van der Waals surface area contributed by atoms with Gasteiger partial charge >= 0.3 is 23.9 Å². The van der Waals surface area contributed by atoms with Gasteiger partial charge in [-0.3, -0.25) is 14.4 Å². The maximum absolute atomic E-state index is 12.5. The van der Waals surface area contributed by atoms with Crippen molar-refractivity contribution in [2.45, 2.75) is 33.0 Å². The number of carbonyl (C=O) groups excluding carboxylic acids is 4. The van der Waals surface area contributed by atoms with Crippen LogP contribution in [0.4, 0.5) is 0 Å². The minimum absolute atomic E-state index is 0.110. The number of hydrogen-bond acceptors (Lipinski definition) is 8. The molecule has 2 rings (SSSR count). The monoisotopic (exact) mass is 428 g/mol. The van der Waals surface area contributed by atoms with Crippen LogP contribution < -0.4 is 0 Å². The molecule has 164 valence electrons. The SMILES string of the molecule is CC(=O)OCC(COC(=O)Cc1ccccc1C(=O)OCc1ccccc1)OC(C)=O.